The quantitative estimate of drug-likeness (QED) is 0.580. The highest BCUT2D eigenvalue weighted by Gasteiger charge is 2.06. The second kappa shape index (κ2) is 6.10. The van der Waals surface area contributed by atoms with Gasteiger partial charge in [0.1, 0.15) is 30.4 Å². The SMILES string of the molecule is Nc1c(OCCO)cccc1OCCO. The van der Waals surface area contributed by atoms with Crippen molar-refractivity contribution in [3.63, 3.8) is 0 Å². The van der Waals surface area contributed by atoms with Gasteiger partial charge in [0.05, 0.1) is 13.2 Å². The van der Waals surface area contributed by atoms with Crippen LogP contribution in [0.4, 0.5) is 5.69 Å². The van der Waals surface area contributed by atoms with E-state index < -0.39 is 0 Å². The maximum atomic E-state index is 8.60. The molecule has 1 aromatic carbocycles. The van der Waals surface area contributed by atoms with Crippen molar-refractivity contribution in [1.82, 2.24) is 0 Å². The van der Waals surface area contributed by atoms with E-state index in [1.807, 2.05) is 0 Å². The Morgan fingerprint density at radius 1 is 1.00 bits per heavy atom. The maximum absolute atomic E-state index is 8.60. The topological polar surface area (TPSA) is 84.9 Å². The number of para-hydroxylation sites is 1. The minimum atomic E-state index is -0.0683. The molecule has 0 aliphatic rings. The second-order valence-corrected chi connectivity index (χ2v) is 2.81. The van der Waals surface area contributed by atoms with Crippen LogP contribution in [-0.4, -0.2) is 36.6 Å². The summed E-state index contributed by atoms with van der Waals surface area (Å²) in [4.78, 5) is 0. The Kier molecular flexibility index (Phi) is 4.73. The van der Waals surface area contributed by atoms with Gasteiger partial charge in [-0.3, -0.25) is 0 Å². The molecule has 1 rings (SSSR count). The van der Waals surface area contributed by atoms with Crippen LogP contribution in [-0.2, 0) is 0 Å². The highest BCUT2D eigenvalue weighted by Crippen LogP contribution is 2.31. The van der Waals surface area contributed by atoms with Crippen LogP contribution >= 0.6 is 0 Å². The van der Waals surface area contributed by atoms with Crippen LogP contribution < -0.4 is 15.2 Å². The molecule has 0 heterocycles. The summed E-state index contributed by atoms with van der Waals surface area (Å²) in [6.07, 6.45) is 0. The number of nitrogen functional groups attached to an aromatic ring is 1. The van der Waals surface area contributed by atoms with Gasteiger partial charge in [-0.15, -0.1) is 0 Å². The monoisotopic (exact) mass is 213 g/mol. The fraction of sp³-hybridized carbons (Fsp3) is 0.400. The van der Waals surface area contributed by atoms with E-state index in [0.29, 0.717) is 17.2 Å². The van der Waals surface area contributed by atoms with E-state index in [9.17, 15) is 0 Å². The number of hydrogen-bond acceptors (Lipinski definition) is 5. The van der Waals surface area contributed by atoms with Crippen LogP contribution in [0.1, 0.15) is 0 Å². The summed E-state index contributed by atoms with van der Waals surface area (Å²) in [5, 5.41) is 17.2. The molecule has 0 aliphatic carbocycles. The molecule has 0 unspecified atom stereocenters. The van der Waals surface area contributed by atoms with E-state index in [2.05, 4.69) is 0 Å². The van der Waals surface area contributed by atoms with Crippen LogP contribution in [0.5, 0.6) is 11.5 Å². The highest BCUT2D eigenvalue weighted by atomic mass is 16.5. The molecule has 15 heavy (non-hydrogen) atoms. The molecular formula is C10H15NO4. The minimum Gasteiger partial charge on any atom is -0.489 e. The molecule has 0 fully saturated rings. The van der Waals surface area contributed by atoms with Crippen molar-refractivity contribution in [2.24, 2.45) is 0 Å². The summed E-state index contributed by atoms with van der Waals surface area (Å²) < 4.78 is 10.4. The first-order valence-corrected chi connectivity index (χ1v) is 4.65. The van der Waals surface area contributed by atoms with Gasteiger partial charge in [0, 0.05) is 0 Å². The number of benzene rings is 1. The summed E-state index contributed by atoms with van der Waals surface area (Å²) in [7, 11) is 0. The van der Waals surface area contributed by atoms with Crippen molar-refractivity contribution >= 4 is 5.69 Å². The fourth-order valence-electron chi connectivity index (χ4n) is 1.09. The zero-order valence-electron chi connectivity index (χ0n) is 8.35. The van der Waals surface area contributed by atoms with Gasteiger partial charge in [-0.25, -0.2) is 0 Å². The Balaban J connectivity index is 2.71. The summed E-state index contributed by atoms with van der Waals surface area (Å²) in [5.74, 6) is 0.943. The van der Waals surface area contributed by atoms with E-state index >= 15 is 0 Å². The van der Waals surface area contributed by atoms with E-state index in [4.69, 9.17) is 25.4 Å². The Morgan fingerprint density at radius 2 is 1.47 bits per heavy atom. The molecule has 1 aromatic rings. The van der Waals surface area contributed by atoms with Gasteiger partial charge in [0.2, 0.25) is 0 Å². The number of ether oxygens (including phenoxy) is 2. The van der Waals surface area contributed by atoms with E-state index in [1.54, 1.807) is 18.2 Å². The van der Waals surface area contributed by atoms with Crippen LogP contribution in [0.3, 0.4) is 0 Å². The molecule has 84 valence electrons. The Bertz CT molecular complexity index is 277. The van der Waals surface area contributed by atoms with Crippen LogP contribution in [0, 0.1) is 0 Å². The number of nitrogens with two attached hydrogens (primary N) is 1. The van der Waals surface area contributed by atoms with Crippen LogP contribution in [0.15, 0.2) is 18.2 Å². The first kappa shape index (κ1) is 11.6. The van der Waals surface area contributed by atoms with E-state index in [1.165, 1.54) is 0 Å². The first-order valence-electron chi connectivity index (χ1n) is 4.65. The van der Waals surface area contributed by atoms with Gasteiger partial charge in [0.15, 0.2) is 0 Å². The molecule has 4 N–H and O–H groups in total. The lowest BCUT2D eigenvalue weighted by molar-refractivity contribution is 0.196. The molecule has 0 atom stereocenters. The molecule has 5 heteroatoms. The number of rotatable bonds is 6. The average molecular weight is 213 g/mol. The largest absolute Gasteiger partial charge is 0.489 e. The van der Waals surface area contributed by atoms with Crippen molar-refractivity contribution < 1.29 is 19.7 Å². The fourth-order valence-corrected chi connectivity index (χ4v) is 1.09. The smallest absolute Gasteiger partial charge is 0.146 e. The lowest BCUT2D eigenvalue weighted by Crippen LogP contribution is -2.07. The third kappa shape index (κ3) is 3.30. The van der Waals surface area contributed by atoms with Gasteiger partial charge in [-0.05, 0) is 12.1 Å². The minimum absolute atomic E-state index is 0.0683. The van der Waals surface area contributed by atoms with Gasteiger partial charge >= 0.3 is 0 Å². The third-order valence-corrected chi connectivity index (χ3v) is 1.72. The van der Waals surface area contributed by atoms with Gasteiger partial charge in [-0.2, -0.15) is 0 Å². The van der Waals surface area contributed by atoms with Crippen molar-refractivity contribution in [2.75, 3.05) is 32.2 Å². The molecule has 0 bridgehead atoms. The van der Waals surface area contributed by atoms with Gasteiger partial charge < -0.3 is 25.4 Å². The predicted molar refractivity (Wildman–Crippen MR) is 56.0 cm³/mol. The summed E-state index contributed by atoms with van der Waals surface area (Å²) in [5.41, 5.74) is 6.13. The van der Waals surface area contributed by atoms with Gasteiger partial charge in [-0.1, -0.05) is 6.07 Å². The molecule has 0 aliphatic heterocycles. The standard InChI is InChI=1S/C10H15NO4/c11-10-8(14-6-4-12)2-1-3-9(10)15-7-5-13/h1-3,12-13H,4-7,11H2. The third-order valence-electron chi connectivity index (χ3n) is 1.72. The zero-order chi connectivity index (χ0) is 11.1. The number of hydrogen-bond donors (Lipinski definition) is 3. The maximum Gasteiger partial charge on any atom is 0.146 e. The Labute approximate surface area is 88.0 Å². The molecule has 0 radical (unpaired) electrons. The molecule has 5 nitrogen and oxygen atoms in total. The number of anilines is 1. The number of aliphatic hydroxyl groups is 2. The van der Waals surface area contributed by atoms with Crippen LogP contribution in [0.2, 0.25) is 0 Å². The van der Waals surface area contributed by atoms with E-state index in [-0.39, 0.29) is 26.4 Å². The molecule has 0 amide bonds. The summed E-state index contributed by atoms with van der Waals surface area (Å²) in [6, 6.07) is 5.11. The Morgan fingerprint density at radius 3 is 1.87 bits per heavy atom. The zero-order valence-corrected chi connectivity index (χ0v) is 8.35. The summed E-state index contributed by atoms with van der Waals surface area (Å²) in [6.45, 7) is 0.240. The number of aliphatic hydroxyl groups excluding tert-OH is 2. The van der Waals surface area contributed by atoms with E-state index in [0.717, 1.165) is 0 Å². The van der Waals surface area contributed by atoms with Crippen molar-refractivity contribution in [3.05, 3.63) is 18.2 Å². The van der Waals surface area contributed by atoms with Crippen molar-refractivity contribution in [1.29, 1.82) is 0 Å². The lowest BCUT2D eigenvalue weighted by atomic mass is 10.3. The lowest BCUT2D eigenvalue weighted by Gasteiger charge is -2.11. The predicted octanol–water partition coefficient (Wildman–Crippen LogP) is 0.0110. The summed E-state index contributed by atoms with van der Waals surface area (Å²) >= 11 is 0. The molecular weight excluding hydrogens is 198 g/mol. The van der Waals surface area contributed by atoms with Crippen molar-refractivity contribution in [3.8, 4) is 11.5 Å². The average Bonchev–Trinajstić information content (AvgIpc) is 2.26. The highest BCUT2D eigenvalue weighted by molar-refractivity contribution is 5.62. The Hall–Kier alpha value is -1.46. The molecule has 0 spiro atoms. The molecule has 0 saturated carbocycles. The van der Waals surface area contributed by atoms with Crippen molar-refractivity contribution in [2.45, 2.75) is 0 Å². The van der Waals surface area contributed by atoms with Gasteiger partial charge in [0.25, 0.3) is 0 Å². The first-order chi connectivity index (χ1) is 7.29. The molecule has 0 aromatic heterocycles. The van der Waals surface area contributed by atoms with Crippen LogP contribution in [0.25, 0.3) is 0 Å². The normalized spacial score (nSPS) is 10.0. The second-order valence-electron chi connectivity index (χ2n) is 2.81. The molecule has 0 saturated heterocycles.